The molecule has 0 radical (unpaired) electrons. The fourth-order valence-corrected chi connectivity index (χ4v) is 4.41. The number of rotatable bonds is 6. The van der Waals surface area contributed by atoms with Crippen LogP contribution in [-0.2, 0) is 37.4 Å². The molecular formula is C23H33F6N3O7. The highest BCUT2D eigenvalue weighted by atomic mass is 19.4. The predicted octanol–water partition coefficient (Wildman–Crippen LogP) is 3.25. The van der Waals surface area contributed by atoms with Gasteiger partial charge in [-0.2, -0.15) is 26.3 Å². The fraction of sp³-hybridized carbons (Fsp3) is 0.783. The van der Waals surface area contributed by atoms with Crippen molar-refractivity contribution in [1.29, 1.82) is 0 Å². The third kappa shape index (κ3) is 11.3. The van der Waals surface area contributed by atoms with E-state index in [1.54, 1.807) is 0 Å². The standard InChI is InChI=1S/C19H31N3O3.2C2HF3O2/c1-21-9-7-20-19(21)12-22-8-4-18-17(22)3-2-16(25-18)14-24-13-15-5-10-23-11-6-15;2*3-2(4,5)1(6)7/h7,9,15-18H,2-6,8,10-14H2,1H3;2*(H,6,7)/t16-,17-,18-;;/m0../s1. The molecule has 0 saturated carbocycles. The number of fused-ring (bicyclic) bond motifs is 1. The summed E-state index contributed by atoms with van der Waals surface area (Å²) >= 11 is 0. The molecule has 3 saturated heterocycles. The molecule has 224 valence electrons. The van der Waals surface area contributed by atoms with Gasteiger partial charge >= 0.3 is 24.3 Å². The lowest BCUT2D eigenvalue weighted by Crippen LogP contribution is -2.43. The summed E-state index contributed by atoms with van der Waals surface area (Å²) in [6, 6.07) is 0.545. The van der Waals surface area contributed by atoms with Crippen molar-refractivity contribution in [2.75, 3.05) is 33.0 Å². The number of imidazole rings is 1. The van der Waals surface area contributed by atoms with Crippen molar-refractivity contribution >= 4 is 11.9 Å². The van der Waals surface area contributed by atoms with Gasteiger partial charge in [-0.25, -0.2) is 14.6 Å². The zero-order valence-corrected chi connectivity index (χ0v) is 21.3. The van der Waals surface area contributed by atoms with Crippen LogP contribution in [0.1, 0.15) is 37.9 Å². The molecule has 3 aliphatic rings. The van der Waals surface area contributed by atoms with Gasteiger partial charge in [0.25, 0.3) is 0 Å². The molecule has 0 spiro atoms. The van der Waals surface area contributed by atoms with Crippen LogP contribution in [0.4, 0.5) is 26.3 Å². The van der Waals surface area contributed by atoms with Gasteiger partial charge in [-0.05, 0) is 38.0 Å². The summed E-state index contributed by atoms with van der Waals surface area (Å²) in [5.74, 6) is -3.70. The minimum Gasteiger partial charge on any atom is -0.475 e. The Morgan fingerprint density at radius 1 is 1.00 bits per heavy atom. The van der Waals surface area contributed by atoms with Crippen LogP contribution < -0.4 is 0 Å². The van der Waals surface area contributed by atoms with Crippen molar-refractivity contribution in [1.82, 2.24) is 14.5 Å². The van der Waals surface area contributed by atoms with Gasteiger partial charge < -0.3 is 29.0 Å². The Hall–Kier alpha value is -2.43. The minimum absolute atomic E-state index is 0.272. The van der Waals surface area contributed by atoms with Crippen molar-refractivity contribution < 1.29 is 60.4 Å². The predicted molar refractivity (Wildman–Crippen MR) is 122 cm³/mol. The second kappa shape index (κ2) is 14.8. The summed E-state index contributed by atoms with van der Waals surface area (Å²) in [7, 11) is 2.07. The van der Waals surface area contributed by atoms with Gasteiger partial charge in [0.05, 0.1) is 25.4 Å². The van der Waals surface area contributed by atoms with Crippen LogP contribution in [0.3, 0.4) is 0 Å². The van der Waals surface area contributed by atoms with Gasteiger partial charge in [-0.3, -0.25) is 4.90 Å². The topological polar surface area (TPSA) is 123 Å². The Balaban J connectivity index is 0.000000317. The number of hydrogen-bond acceptors (Lipinski definition) is 7. The molecule has 0 aliphatic carbocycles. The first kappa shape index (κ1) is 32.8. The molecule has 16 heteroatoms. The van der Waals surface area contributed by atoms with E-state index in [-0.39, 0.29) is 6.10 Å². The number of aliphatic carboxylic acids is 2. The first-order valence-electron chi connectivity index (χ1n) is 12.3. The van der Waals surface area contributed by atoms with Crippen LogP contribution >= 0.6 is 0 Å². The zero-order valence-electron chi connectivity index (χ0n) is 21.3. The first-order chi connectivity index (χ1) is 18.2. The van der Waals surface area contributed by atoms with E-state index in [2.05, 4.69) is 21.5 Å². The van der Waals surface area contributed by atoms with Gasteiger partial charge in [0.1, 0.15) is 5.82 Å². The van der Waals surface area contributed by atoms with Crippen LogP contribution in [-0.4, -0.2) is 100 Å². The Bertz CT molecular complexity index is 882. The van der Waals surface area contributed by atoms with E-state index < -0.39 is 24.3 Å². The molecule has 2 N–H and O–H groups in total. The molecule has 0 aromatic carbocycles. The second-order valence-corrected chi connectivity index (χ2v) is 9.35. The van der Waals surface area contributed by atoms with Crippen LogP contribution in [0.5, 0.6) is 0 Å². The smallest absolute Gasteiger partial charge is 0.475 e. The molecular weight excluding hydrogens is 544 g/mol. The minimum atomic E-state index is -5.08. The SMILES string of the molecule is Cn1ccnc1CN1CC[C@@H]2O[C@H](COCC3CCOCC3)CC[C@@H]21.O=C(O)C(F)(F)F.O=C(O)C(F)(F)F. The third-order valence-electron chi connectivity index (χ3n) is 6.50. The number of ether oxygens (including phenoxy) is 3. The normalized spacial score (nSPS) is 24.1. The number of carbonyl (C=O) groups is 2. The number of carboxylic acid groups (broad SMARTS) is 2. The van der Waals surface area contributed by atoms with Gasteiger partial charge in [0.2, 0.25) is 0 Å². The van der Waals surface area contributed by atoms with E-state index in [4.69, 9.17) is 34.0 Å². The number of aromatic nitrogens is 2. The quantitative estimate of drug-likeness (QED) is 0.491. The Morgan fingerprint density at radius 2 is 1.59 bits per heavy atom. The van der Waals surface area contributed by atoms with Gasteiger partial charge in [-0.15, -0.1) is 0 Å². The van der Waals surface area contributed by atoms with E-state index in [9.17, 15) is 26.3 Å². The molecule has 4 rings (SSSR count). The number of alkyl halides is 6. The molecule has 3 aliphatic heterocycles. The van der Waals surface area contributed by atoms with Crippen molar-refractivity contribution in [2.45, 2.75) is 69.3 Å². The highest BCUT2D eigenvalue weighted by Crippen LogP contribution is 2.32. The van der Waals surface area contributed by atoms with Crippen molar-refractivity contribution in [3.05, 3.63) is 18.2 Å². The molecule has 0 unspecified atom stereocenters. The van der Waals surface area contributed by atoms with Gasteiger partial charge in [0.15, 0.2) is 0 Å². The summed E-state index contributed by atoms with van der Waals surface area (Å²) in [4.78, 5) is 24.8. The number of aryl methyl sites for hydroxylation is 1. The number of hydrogen-bond donors (Lipinski definition) is 2. The van der Waals surface area contributed by atoms with E-state index in [1.807, 2.05) is 12.4 Å². The molecule has 4 heterocycles. The molecule has 0 amide bonds. The maximum absolute atomic E-state index is 10.6. The van der Waals surface area contributed by atoms with E-state index in [0.717, 1.165) is 71.0 Å². The first-order valence-corrected chi connectivity index (χ1v) is 12.3. The number of halogens is 6. The zero-order chi connectivity index (χ0) is 29.2. The average molecular weight is 578 g/mol. The average Bonchev–Trinajstić information content (AvgIpc) is 3.45. The summed E-state index contributed by atoms with van der Waals surface area (Å²) in [6.45, 7) is 5.44. The Labute approximate surface area is 220 Å². The van der Waals surface area contributed by atoms with Gasteiger partial charge in [0, 0.05) is 51.8 Å². The lowest BCUT2D eigenvalue weighted by molar-refractivity contribution is -0.193. The molecule has 39 heavy (non-hydrogen) atoms. The third-order valence-corrected chi connectivity index (χ3v) is 6.50. The second-order valence-electron chi connectivity index (χ2n) is 9.35. The molecule has 3 fully saturated rings. The summed E-state index contributed by atoms with van der Waals surface area (Å²) in [6.07, 6.45) is 0.0900. The maximum atomic E-state index is 10.6. The van der Waals surface area contributed by atoms with Crippen LogP contribution in [0.2, 0.25) is 0 Å². The Kier molecular flexibility index (Phi) is 12.5. The summed E-state index contributed by atoms with van der Waals surface area (Å²) < 4.78 is 83.3. The summed E-state index contributed by atoms with van der Waals surface area (Å²) in [5.41, 5.74) is 0. The number of likely N-dealkylation sites (tertiary alicyclic amines) is 1. The van der Waals surface area contributed by atoms with E-state index in [0.29, 0.717) is 18.1 Å². The van der Waals surface area contributed by atoms with Crippen molar-refractivity contribution in [3.8, 4) is 0 Å². The molecule has 10 nitrogen and oxygen atoms in total. The van der Waals surface area contributed by atoms with E-state index in [1.165, 1.54) is 6.42 Å². The van der Waals surface area contributed by atoms with E-state index >= 15 is 0 Å². The van der Waals surface area contributed by atoms with Gasteiger partial charge in [-0.1, -0.05) is 0 Å². The fourth-order valence-electron chi connectivity index (χ4n) is 4.41. The lowest BCUT2D eigenvalue weighted by atomic mass is 9.99. The number of nitrogens with zero attached hydrogens (tertiary/aromatic N) is 3. The molecule has 0 bridgehead atoms. The van der Waals surface area contributed by atoms with Crippen molar-refractivity contribution in [2.24, 2.45) is 13.0 Å². The maximum Gasteiger partial charge on any atom is 0.490 e. The van der Waals surface area contributed by atoms with Crippen LogP contribution in [0.15, 0.2) is 12.4 Å². The highest BCUT2D eigenvalue weighted by Gasteiger charge is 2.40. The largest absolute Gasteiger partial charge is 0.490 e. The van der Waals surface area contributed by atoms with Crippen LogP contribution in [0, 0.1) is 5.92 Å². The number of carboxylic acids is 2. The lowest BCUT2D eigenvalue weighted by Gasteiger charge is -2.36. The molecule has 1 aromatic rings. The highest BCUT2D eigenvalue weighted by molar-refractivity contribution is 5.73. The molecule has 1 aromatic heterocycles. The van der Waals surface area contributed by atoms with Crippen molar-refractivity contribution in [3.63, 3.8) is 0 Å². The molecule has 3 atom stereocenters. The summed E-state index contributed by atoms with van der Waals surface area (Å²) in [5, 5.41) is 14.2. The Morgan fingerprint density at radius 3 is 2.10 bits per heavy atom. The monoisotopic (exact) mass is 577 g/mol. The van der Waals surface area contributed by atoms with Crippen LogP contribution in [0.25, 0.3) is 0 Å².